The third-order valence-corrected chi connectivity index (χ3v) is 11.5. The summed E-state index contributed by atoms with van der Waals surface area (Å²) in [7, 11) is 0. The van der Waals surface area contributed by atoms with E-state index in [0.29, 0.717) is 45.0 Å². The summed E-state index contributed by atoms with van der Waals surface area (Å²) in [6.07, 6.45) is 0.606. The Balaban J connectivity index is 1.11. The number of hydrogen-bond acceptors (Lipinski definition) is 9. The molecule has 1 saturated heterocycles. The van der Waals surface area contributed by atoms with Crippen molar-refractivity contribution < 1.29 is 28.3 Å². The molecule has 1 aliphatic carbocycles. The molecule has 3 amide bonds. The molecule has 3 aliphatic rings. The Morgan fingerprint density at radius 1 is 0.859 bits per heavy atom. The number of aromatic nitrogens is 2. The van der Waals surface area contributed by atoms with E-state index in [9.17, 15) is 24.0 Å². The number of rotatable bonds is 17. The number of H-pyrrole nitrogens is 1. The van der Waals surface area contributed by atoms with Gasteiger partial charge in [0, 0.05) is 111 Å². The lowest BCUT2D eigenvalue weighted by atomic mass is 9.90. The van der Waals surface area contributed by atoms with E-state index >= 15 is 0 Å². The number of nitrogens with zero attached hydrogens (tertiary/aromatic N) is 5. The van der Waals surface area contributed by atoms with Gasteiger partial charge in [0.1, 0.15) is 30.0 Å². The zero-order valence-electron chi connectivity index (χ0n) is 37.8. The summed E-state index contributed by atoms with van der Waals surface area (Å²) < 4.78 is 21.2. The maximum atomic E-state index is 14.4. The first-order chi connectivity index (χ1) is 31.0. The number of aromatic amines is 1. The molecule has 6 rings (SSSR count). The molecule has 15 heteroatoms. The van der Waals surface area contributed by atoms with E-state index in [4.69, 9.17) is 13.9 Å². The summed E-state index contributed by atoms with van der Waals surface area (Å²) in [5.41, 5.74) is 3.80. The average molecular weight is 875 g/mol. The van der Waals surface area contributed by atoms with E-state index in [2.05, 4.69) is 95.7 Å². The highest BCUT2D eigenvalue weighted by Gasteiger charge is 2.28. The van der Waals surface area contributed by atoms with Gasteiger partial charge in [-0.3, -0.25) is 28.7 Å². The second kappa shape index (κ2) is 22.2. The molecule has 2 aliphatic heterocycles. The van der Waals surface area contributed by atoms with Gasteiger partial charge in [0.15, 0.2) is 6.29 Å². The van der Waals surface area contributed by atoms with E-state index in [1.54, 1.807) is 9.80 Å². The summed E-state index contributed by atoms with van der Waals surface area (Å²) in [6.45, 7) is 17.7. The van der Waals surface area contributed by atoms with Crippen molar-refractivity contribution in [3.63, 3.8) is 0 Å². The molecule has 15 nitrogen and oxygen atoms in total. The number of piperazine rings is 1. The van der Waals surface area contributed by atoms with Crippen LogP contribution in [0.1, 0.15) is 70.3 Å². The number of carbonyl (C=O) groups excluding carboxylic acids is 3. The minimum absolute atomic E-state index is 0.00726. The predicted octanol–water partition coefficient (Wildman–Crippen LogP) is 4.34. The number of benzene rings is 3. The van der Waals surface area contributed by atoms with Crippen LogP contribution in [-0.2, 0) is 25.6 Å². The number of ether oxygens (including phenoxy) is 2. The first kappa shape index (κ1) is 47.0. The largest absolute Gasteiger partial charge is 0.456 e. The summed E-state index contributed by atoms with van der Waals surface area (Å²) in [5, 5.41) is 4.64. The Hall–Kier alpha value is -6.50. The van der Waals surface area contributed by atoms with Crippen LogP contribution in [0.2, 0.25) is 0 Å². The first-order valence-corrected chi connectivity index (χ1v) is 22.4. The molecule has 1 aromatic heterocycles. The highest BCUT2D eigenvalue weighted by atomic mass is 16.7. The Bertz CT molecular complexity index is 2670. The van der Waals surface area contributed by atoms with E-state index in [-0.39, 0.29) is 49.2 Å². The molecule has 64 heavy (non-hydrogen) atoms. The molecule has 3 aromatic rings. The molecule has 0 saturated carbocycles. The number of nitrogens with one attached hydrogen (secondary N) is 2. The summed E-state index contributed by atoms with van der Waals surface area (Å²) >= 11 is 0. The van der Waals surface area contributed by atoms with Crippen LogP contribution in [0.3, 0.4) is 0 Å². The zero-order valence-corrected chi connectivity index (χ0v) is 37.8. The quantitative estimate of drug-likeness (QED) is 0.0600. The Morgan fingerprint density at radius 3 is 2.25 bits per heavy atom. The monoisotopic (exact) mass is 874 g/mol. The average Bonchev–Trinajstić information content (AvgIpc) is 3.30. The van der Waals surface area contributed by atoms with Gasteiger partial charge in [-0.2, -0.15) is 0 Å². The second-order valence-corrected chi connectivity index (χ2v) is 15.3. The van der Waals surface area contributed by atoms with Crippen molar-refractivity contribution in [2.24, 2.45) is 0 Å². The molecule has 338 valence electrons. The number of fused-ring (bicyclic) bond motifs is 2. The first-order valence-electron chi connectivity index (χ1n) is 22.4. The third-order valence-electron chi connectivity index (χ3n) is 11.5. The van der Waals surface area contributed by atoms with Gasteiger partial charge in [-0.25, -0.2) is 9.37 Å². The van der Waals surface area contributed by atoms with Crippen molar-refractivity contribution in [2.75, 3.05) is 77.0 Å². The second-order valence-electron chi connectivity index (χ2n) is 15.3. The molecule has 0 bridgehead atoms. The number of hydrogen-bond donors (Lipinski definition) is 2. The maximum absolute atomic E-state index is 14.4. The van der Waals surface area contributed by atoms with Crippen LogP contribution < -0.4 is 31.4 Å². The van der Waals surface area contributed by atoms with Crippen LogP contribution in [0, 0.1) is 11.8 Å². The molecule has 0 radical (unpaired) electrons. The van der Waals surface area contributed by atoms with Crippen molar-refractivity contribution in [1.82, 2.24) is 29.2 Å². The van der Waals surface area contributed by atoms with Crippen LogP contribution in [0.5, 0.6) is 0 Å². The smallest absolute Gasteiger partial charge is 0.328 e. The fourth-order valence-corrected chi connectivity index (χ4v) is 8.11. The van der Waals surface area contributed by atoms with Gasteiger partial charge in [-0.1, -0.05) is 30.0 Å². The molecular formula is C49H60N7O8+. The van der Waals surface area contributed by atoms with Gasteiger partial charge in [0.05, 0.1) is 19.2 Å². The highest BCUT2D eigenvalue weighted by molar-refractivity contribution is 6.09. The number of amides is 3. The van der Waals surface area contributed by atoms with E-state index in [0.717, 1.165) is 70.6 Å². The fraction of sp³-hybridized carbons (Fsp3) is 0.429. The SMILES string of the molecule is CCOC(Cn1cc(C#CCNC(=O)CCC(=O)N2CCN(C(=O)c3ccccc3-c3c4ccc(=[N+](CC)CC)cc-4oc4cc(N(CC)CC)ccc34)CC2)c(=O)[nH]c1=O)OCC. The van der Waals surface area contributed by atoms with Gasteiger partial charge >= 0.3 is 5.69 Å². The summed E-state index contributed by atoms with van der Waals surface area (Å²) in [4.78, 5) is 73.0. The topological polar surface area (TPSA) is 162 Å². The van der Waals surface area contributed by atoms with E-state index < -0.39 is 17.5 Å². The zero-order chi connectivity index (χ0) is 45.8. The molecule has 2 aromatic carbocycles. The van der Waals surface area contributed by atoms with Gasteiger partial charge in [-0.05, 0) is 71.4 Å². The molecule has 1 fully saturated rings. The molecule has 0 unspecified atom stereocenters. The standard InChI is InChI=1S/C49H59N7O8/c1-7-52(8-2)35-19-21-39-41(30-35)64-42-31-36(53(9-3)10-4)20-22-40(42)46(39)37-17-13-14-18-38(37)48(60)55-28-26-54(27-29-55)44(58)24-23-43(57)50-25-15-16-34-32-56(49(61)51-47(34)59)33-45(62-11-5)63-12-6/h13-14,17-22,30-32,45H,7-12,23-29,33H2,1-6H3,(H-,50,51,57,59,61)/p+1. The highest BCUT2D eigenvalue weighted by Crippen LogP contribution is 2.42. The van der Waals surface area contributed by atoms with Crippen molar-refractivity contribution >= 4 is 34.4 Å². The van der Waals surface area contributed by atoms with Crippen molar-refractivity contribution in [2.45, 2.75) is 67.2 Å². The van der Waals surface area contributed by atoms with Crippen LogP contribution in [0.15, 0.2) is 80.9 Å². The van der Waals surface area contributed by atoms with E-state index in [1.165, 1.54) is 10.8 Å². The van der Waals surface area contributed by atoms with E-state index in [1.807, 2.05) is 38.1 Å². The molecule has 0 atom stereocenters. The summed E-state index contributed by atoms with van der Waals surface area (Å²) in [5.74, 6) is 5.50. The third kappa shape index (κ3) is 11.0. The Morgan fingerprint density at radius 2 is 1.56 bits per heavy atom. The molecule has 0 spiro atoms. The van der Waals surface area contributed by atoms with Crippen LogP contribution in [0.25, 0.3) is 33.4 Å². The van der Waals surface area contributed by atoms with Crippen molar-refractivity contribution in [3.05, 3.63) is 104 Å². The lowest BCUT2D eigenvalue weighted by Crippen LogP contribution is -2.50. The predicted molar refractivity (Wildman–Crippen MR) is 248 cm³/mol. The number of anilines is 1. The lowest BCUT2D eigenvalue weighted by molar-refractivity contribution is -0.144. The Labute approximate surface area is 373 Å². The summed E-state index contributed by atoms with van der Waals surface area (Å²) in [6, 6.07) is 20.3. The minimum atomic E-state index is -0.672. The van der Waals surface area contributed by atoms with Gasteiger partial charge in [0.2, 0.25) is 17.2 Å². The van der Waals surface area contributed by atoms with Gasteiger partial charge < -0.3 is 33.9 Å². The van der Waals surface area contributed by atoms with Gasteiger partial charge in [-0.15, -0.1) is 0 Å². The van der Waals surface area contributed by atoms with Gasteiger partial charge in [0.25, 0.3) is 11.5 Å². The van der Waals surface area contributed by atoms with Crippen molar-refractivity contribution in [1.29, 1.82) is 0 Å². The molecular weight excluding hydrogens is 815 g/mol. The molecule has 2 N–H and O–H groups in total. The maximum Gasteiger partial charge on any atom is 0.328 e. The van der Waals surface area contributed by atoms with Crippen LogP contribution in [-0.4, -0.2) is 115 Å². The Kier molecular flexibility index (Phi) is 16.3. The number of carbonyl (C=O) groups is 3. The minimum Gasteiger partial charge on any atom is -0.456 e. The fourth-order valence-electron chi connectivity index (χ4n) is 8.11. The van der Waals surface area contributed by atoms with Crippen molar-refractivity contribution in [3.8, 4) is 34.3 Å². The van der Waals surface area contributed by atoms with Crippen LogP contribution in [0.4, 0.5) is 5.69 Å². The van der Waals surface area contributed by atoms with Crippen LogP contribution >= 0.6 is 0 Å². The molecule has 3 heterocycles. The lowest BCUT2D eigenvalue weighted by Gasteiger charge is -2.35. The normalized spacial score (nSPS) is 12.7.